The molecule has 0 radical (unpaired) electrons. The predicted molar refractivity (Wildman–Crippen MR) is 149 cm³/mol. The fraction of sp³-hybridized carbons (Fsp3) is 0.360. The quantitative estimate of drug-likeness (QED) is 0.411. The molecule has 1 aliphatic rings. The Balaban J connectivity index is 1.50. The van der Waals surface area contributed by atoms with Gasteiger partial charge in [-0.1, -0.05) is 37.6 Å². The van der Waals surface area contributed by atoms with Crippen molar-refractivity contribution < 1.29 is 8.42 Å². The molecule has 0 spiro atoms. The first kappa shape index (κ1) is 26.2. The van der Waals surface area contributed by atoms with E-state index in [9.17, 15) is 8.42 Å². The number of rotatable bonds is 8. The zero-order valence-electron chi connectivity index (χ0n) is 20.4. The second-order valence-electron chi connectivity index (χ2n) is 9.09. The van der Waals surface area contributed by atoms with Crippen LogP contribution in [0.1, 0.15) is 19.5 Å². The Hall–Kier alpha value is -2.82. The molecule has 11 heteroatoms. The summed E-state index contributed by atoms with van der Waals surface area (Å²) in [6.45, 7) is 8.62. The van der Waals surface area contributed by atoms with Gasteiger partial charge in [0.1, 0.15) is 4.90 Å². The van der Waals surface area contributed by atoms with Crippen LogP contribution in [-0.2, 0) is 16.6 Å². The van der Waals surface area contributed by atoms with Crippen LogP contribution in [0.5, 0.6) is 0 Å². The van der Waals surface area contributed by atoms with Crippen LogP contribution in [-0.4, -0.2) is 61.1 Å². The molecule has 4 rings (SSSR count). The highest BCUT2D eigenvalue weighted by Gasteiger charge is 2.28. The molecule has 2 N–H and O–H groups in total. The molecular weight excluding hydrogens is 516 g/mol. The van der Waals surface area contributed by atoms with Crippen LogP contribution in [0.15, 0.2) is 66.0 Å². The highest BCUT2D eigenvalue weighted by Crippen LogP contribution is 2.31. The number of aromatic amines is 1. The Kier molecular flexibility index (Phi) is 8.38. The monoisotopic (exact) mass is 546 g/mol. The van der Waals surface area contributed by atoms with Gasteiger partial charge in [-0.05, 0) is 54.5 Å². The van der Waals surface area contributed by atoms with Crippen molar-refractivity contribution in [2.75, 3.05) is 41.9 Å². The van der Waals surface area contributed by atoms with Gasteiger partial charge >= 0.3 is 0 Å². The van der Waals surface area contributed by atoms with E-state index in [2.05, 4.69) is 38.9 Å². The van der Waals surface area contributed by atoms with Crippen LogP contribution in [0, 0.1) is 5.92 Å². The Morgan fingerprint density at radius 1 is 1.14 bits per heavy atom. The van der Waals surface area contributed by atoms with Crippen molar-refractivity contribution in [3.8, 4) is 0 Å². The molecule has 0 amide bonds. The van der Waals surface area contributed by atoms with Gasteiger partial charge in [0.25, 0.3) is 10.0 Å². The van der Waals surface area contributed by atoms with E-state index in [0.717, 1.165) is 43.5 Å². The van der Waals surface area contributed by atoms with Gasteiger partial charge in [0.15, 0.2) is 5.11 Å². The van der Waals surface area contributed by atoms with Gasteiger partial charge in [-0.2, -0.15) is 0 Å². The fourth-order valence-electron chi connectivity index (χ4n) is 4.01. The third kappa shape index (κ3) is 6.11. The van der Waals surface area contributed by atoms with Gasteiger partial charge in [0, 0.05) is 44.6 Å². The lowest BCUT2D eigenvalue weighted by Gasteiger charge is -2.37. The molecule has 0 bridgehead atoms. The molecule has 0 unspecified atom stereocenters. The van der Waals surface area contributed by atoms with Crippen molar-refractivity contribution in [3.63, 3.8) is 0 Å². The Bertz CT molecular complexity index is 1260. The van der Waals surface area contributed by atoms with E-state index in [1.807, 2.05) is 24.3 Å². The standard InChI is InChI=1S/C25H31ClN6O2S2/c1-19(2)15-28-25(35)31-13-11-30(12-14-31)21-7-9-22(10-8-21)32(17-20-16-27-18-29-20)36(33,34)24-6-4-3-5-23(24)26/h3-10,16,18-19H,11-15,17H2,1-2H3,(H,27,29)(H,28,35). The van der Waals surface area contributed by atoms with E-state index < -0.39 is 10.0 Å². The number of piperazine rings is 1. The molecule has 2 aromatic carbocycles. The molecule has 1 aromatic heterocycles. The Morgan fingerprint density at radius 2 is 1.83 bits per heavy atom. The summed E-state index contributed by atoms with van der Waals surface area (Å²) in [5.41, 5.74) is 2.26. The highest BCUT2D eigenvalue weighted by atomic mass is 35.5. The van der Waals surface area contributed by atoms with E-state index in [-0.39, 0.29) is 16.5 Å². The van der Waals surface area contributed by atoms with Crippen LogP contribution in [0.3, 0.4) is 0 Å². The van der Waals surface area contributed by atoms with Crippen molar-refractivity contribution in [1.82, 2.24) is 20.2 Å². The molecule has 2 heterocycles. The molecule has 3 aromatic rings. The van der Waals surface area contributed by atoms with Crippen LogP contribution in [0.2, 0.25) is 5.02 Å². The molecule has 8 nitrogen and oxygen atoms in total. The van der Waals surface area contributed by atoms with Crippen molar-refractivity contribution in [2.45, 2.75) is 25.3 Å². The van der Waals surface area contributed by atoms with Crippen molar-refractivity contribution in [2.24, 2.45) is 5.92 Å². The van der Waals surface area contributed by atoms with Gasteiger partial charge in [-0.15, -0.1) is 0 Å². The Morgan fingerprint density at radius 3 is 2.44 bits per heavy atom. The average molecular weight is 547 g/mol. The number of hydrogen-bond acceptors (Lipinski definition) is 5. The molecular formula is C25H31ClN6O2S2. The normalized spacial score (nSPS) is 14.2. The summed E-state index contributed by atoms with van der Waals surface area (Å²) < 4.78 is 28.6. The van der Waals surface area contributed by atoms with Crippen molar-refractivity contribution in [3.05, 3.63) is 71.8 Å². The molecule has 1 saturated heterocycles. The smallest absolute Gasteiger partial charge is 0.266 e. The maximum atomic E-state index is 13.6. The third-order valence-electron chi connectivity index (χ3n) is 6.00. The summed E-state index contributed by atoms with van der Waals surface area (Å²) in [6, 6.07) is 14.1. The highest BCUT2D eigenvalue weighted by molar-refractivity contribution is 7.93. The number of halogens is 1. The van der Waals surface area contributed by atoms with Gasteiger partial charge in [0.2, 0.25) is 0 Å². The number of hydrogen-bond donors (Lipinski definition) is 2. The maximum absolute atomic E-state index is 13.6. The summed E-state index contributed by atoms with van der Waals surface area (Å²) in [5.74, 6) is 0.539. The summed E-state index contributed by atoms with van der Waals surface area (Å²) in [4.78, 5) is 11.6. The zero-order chi connectivity index (χ0) is 25.7. The topological polar surface area (TPSA) is 84.6 Å². The number of H-pyrrole nitrogens is 1. The predicted octanol–water partition coefficient (Wildman–Crippen LogP) is 4.11. The number of nitrogens with zero attached hydrogens (tertiary/aromatic N) is 4. The van der Waals surface area contributed by atoms with Gasteiger partial charge in [0.05, 0.1) is 29.3 Å². The SMILES string of the molecule is CC(C)CNC(=S)N1CCN(c2ccc(N(Cc3cnc[nH]3)S(=O)(=O)c3ccccc3Cl)cc2)CC1. The number of imidazole rings is 1. The first-order valence-electron chi connectivity index (χ1n) is 11.9. The lowest BCUT2D eigenvalue weighted by molar-refractivity contribution is 0.378. The average Bonchev–Trinajstić information content (AvgIpc) is 3.40. The summed E-state index contributed by atoms with van der Waals surface area (Å²) in [6.07, 6.45) is 3.14. The first-order valence-corrected chi connectivity index (χ1v) is 14.1. The molecule has 0 aliphatic carbocycles. The van der Waals surface area contributed by atoms with Crippen LogP contribution in [0.25, 0.3) is 0 Å². The molecule has 1 aliphatic heterocycles. The number of nitrogens with one attached hydrogen (secondary N) is 2. The third-order valence-corrected chi connectivity index (χ3v) is 8.68. The minimum absolute atomic E-state index is 0.0634. The Labute approximate surface area is 223 Å². The molecule has 0 saturated carbocycles. The number of benzene rings is 2. The van der Waals surface area contributed by atoms with E-state index in [0.29, 0.717) is 17.3 Å². The van der Waals surface area contributed by atoms with Gasteiger partial charge in [-0.3, -0.25) is 4.31 Å². The summed E-state index contributed by atoms with van der Waals surface area (Å²) in [5, 5.41) is 4.32. The number of anilines is 2. The first-order chi connectivity index (χ1) is 17.3. The van der Waals surface area contributed by atoms with Crippen molar-refractivity contribution >= 4 is 50.3 Å². The zero-order valence-corrected chi connectivity index (χ0v) is 22.8. The summed E-state index contributed by atoms with van der Waals surface area (Å²) in [7, 11) is -3.92. The second kappa shape index (κ2) is 11.5. The van der Waals surface area contributed by atoms with Crippen LogP contribution >= 0.6 is 23.8 Å². The van der Waals surface area contributed by atoms with E-state index in [1.165, 1.54) is 16.7 Å². The van der Waals surface area contributed by atoms with Crippen LogP contribution < -0.4 is 14.5 Å². The van der Waals surface area contributed by atoms with E-state index >= 15 is 0 Å². The molecule has 0 atom stereocenters. The molecule has 36 heavy (non-hydrogen) atoms. The minimum atomic E-state index is -3.92. The second-order valence-corrected chi connectivity index (χ2v) is 11.7. The lowest BCUT2D eigenvalue weighted by Crippen LogP contribution is -2.52. The fourth-order valence-corrected chi connectivity index (χ4v) is 6.22. The van der Waals surface area contributed by atoms with Gasteiger partial charge < -0.3 is 20.1 Å². The van der Waals surface area contributed by atoms with Crippen LogP contribution in [0.4, 0.5) is 11.4 Å². The summed E-state index contributed by atoms with van der Waals surface area (Å²) >= 11 is 11.8. The number of sulfonamides is 1. The van der Waals surface area contributed by atoms with E-state index in [4.69, 9.17) is 23.8 Å². The van der Waals surface area contributed by atoms with Crippen molar-refractivity contribution in [1.29, 1.82) is 0 Å². The maximum Gasteiger partial charge on any atom is 0.266 e. The minimum Gasteiger partial charge on any atom is -0.368 e. The van der Waals surface area contributed by atoms with Gasteiger partial charge in [-0.25, -0.2) is 13.4 Å². The lowest BCUT2D eigenvalue weighted by atomic mass is 10.2. The molecule has 192 valence electrons. The number of aromatic nitrogens is 2. The molecule has 1 fully saturated rings. The van der Waals surface area contributed by atoms with E-state index in [1.54, 1.807) is 24.4 Å². The largest absolute Gasteiger partial charge is 0.368 e. The number of thiocarbonyl (C=S) groups is 1.